The summed E-state index contributed by atoms with van der Waals surface area (Å²) < 4.78 is 36.2. The zero-order valence-electron chi connectivity index (χ0n) is 24.1. The topological polar surface area (TPSA) is 86.7 Å². The highest BCUT2D eigenvalue weighted by Gasteiger charge is 2.38. The van der Waals surface area contributed by atoms with Crippen molar-refractivity contribution in [3.8, 4) is 0 Å². The highest BCUT2D eigenvalue weighted by molar-refractivity contribution is 7.93. The van der Waals surface area contributed by atoms with Gasteiger partial charge in [0.15, 0.2) is 0 Å². The lowest BCUT2D eigenvalue weighted by Gasteiger charge is -2.20. The summed E-state index contributed by atoms with van der Waals surface area (Å²) in [5, 5.41) is 1.15. The van der Waals surface area contributed by atoms with Gasteiger partial charge in [-0.25, -0.2) is 0 Å². The van der Waals surface area contributed by atoms with Gasteiger partial charge in [0.2, 0.25) is 12.7 Å². The molecule has 0 aliphatic heterocycles. The monoisotopic (exact) mass is 590 g/mol. The zero-order chi connectivity index (χ0) is 30.0. The average Bonchev–Trinajstić information content (AvgIpc) is 2.97. The number of benzene rings is 4. The Hall–Kier alpha value is -3.40. The quantitative estimate of drug-likeness (QED) is 0.175. The fourth-order valence-corrected chi connectivity index (χ4v) is 8.64. The molecule has 0 saturated carbocycles. The molecule has 0 aliphatic rings. The molecule has 0 spiro atoms. The highest BCUT2D eigenvalue weighted by atomic mass is 31.2. The van der Waals surface area contributed by atoms with Crippen LogP contribution in [0.4, 0.5) is 0 Å². The van der Waals surface area contributed by atoms with Gasteiger partial charge in [0.1, 0.15) is 0 Å². The standard InChI is InChI=1S/C22H21O2P.C11H15O4P/c1-16-14-17(2)21(18(3)15-16)22(23)25(24,19-10-6-4-7-11-19)20-12-8-5-9-13-20;1-3-14-16(13,15-4-2)11(12)10-8-6-5-7-9-10/h4-15H,1-3H3;5-9H,3-4H2,1-2H3. The summed E-state index contributed by atoms with van der Waals surface area (Å²) in [5.74, 6) is 0. The Morgan fingerprint density at radius 3 is 1.39 bits per heavy atom. The van der Waals surface area contributed by atoms with Crippen molar-refractivity contribution in [1.29, 1.82) is 0 Å². The molecule has 4 aromatic rings. The lowest BCUT2D eigenvalue weighted by Crippen LogP contribution is -2.23. The highest BCUT2D eigenvalue weighted by Crippen LogP contribution is 2.51. The molecule has 6 nitrogen and oxygen atoms in total. The molecule has 0 amide bonds. The molecule has 0 fully saturated rings. The van der Waals surface area contributed by atoms with Crippen molar-refractivity contribution in [2.45, 2.75) is 34.6 Å². The number of hydrogen-bond donors (Lipinski definition) is 0. The molecule has 0 bridgehead atoms. The first-order valence-corrected chi connectivity index (χ1v) is 16.7. The van der Waals surface area contributed by atoms with E-state index in [0.29, 0.717) is 21.7 Å². The van der Waals surface area contributed by atoms with Crippen LogP contribution in [0.25, 0.3) is 0 Å². The lowest BCUT2D eigenvalue weighted by molar-refractivity contribution is 0.100. The van der Waals surface area contributed by atoms with Crippen LogP contribution in [0.2, 0.25) is 0 Å². The minimum Gasteiger partial charge on any atom is -0.305 e. The van der Waals surface area contributed by atoms with Crippen LogP contribution in [-0.2, 0) is 18.2 Å². The summed E-state index contributed by atoms with van der Waals surface area (Å²) in [7, 11) is -7.12. The van der Waals surface area contributed by atoms with Crippen LogP contribution in [0, 0.1) is 20.8 Å². The first-order chi connectivity index (χ1) is 19.6. The summed E-state index contributed by atoms with van der Waals surface area (Å²) in [6.45, 7) is 9.52. The number of rotatable bonds is 10. The maximum absolute atomic E-state index is 14.2. The normalized spacial score (nSPS) is 11.3. The van der Waals surface area contributed by atoms with Crippen LogP contribution in [0.3, 0.4) is 0 Å². The van der Waals surface area contributed by atoms with E-state index in [4.69, 9.17) is 9.05 Å². The fraction of sp³-hybridized carbons (Fsp3) is 0.212. The zero-order valence-corrected chi connectivity index (χ0v) is 25.9. The Kier molecular flexibility index (Phi) is 11.3. The van der Waals surface area contributed by atoms with Gasteiger partial charge in [-0.2, -0.15) is 0 Å². The van der Waals surface area contributed by atoms with Crippen molar-refractivity contribution < 1.29 is 27.8 Å². The number of aryl methyl sites for hydroxylation is 3. The van der Waals surface area contributed by atoms with Crippen LogP contribution in [0.1, 0.15) is 51.3 Å². The van der Waals surface area contributed by atoms with Crippen molar-refractivity contribution in [2.24, 2.45) is 0 Å². The summed E-state index contributed by atoms with van der Waals surface area (Å²) in [4.78, 5) is 25.5. The molecule has 0 aliphatic carbocycles. The molecule has 4 aromatic carbocycles. The molecule has 214 valence electrons. The summed E-state index contributed by atoms with van der Waals surface area (Å²) in [5.41, 5.74) is 2.87. The molecule has 0 aromatic heterocycles. The molecule has 0 atom stereocenters. The maximum Gasteiger partial charge on any atom is 0.401 e. The van der Waals surface area contributed by atoms with Crippen molar-refractivity contribution in [1.82, 2.24) is 0 Å². The number of carbonyl (C=O) groups is 2. The maximum atomic E-state index is 14.2. The van der Waals surface area contributed by atoms with Crippen molar-refractivity contribution in [3.05, 3.63) is 131 Å². The third-order valence-corrected chi connectivity index (χ3v) is 11.1. The first kappa shape index (κ1) is 32.1. The second kappa shape index (κ2) is 14.5. The molecule has 4 rings (SSSR count). The third kappa shape index (κ3) is 7.47. The van der Waals surface area contributed by atoms with E-state index in [0.717, 1.165) is 16.7 Å². The van der Waals surface area contributed by atoms with Crippen molar-refractivity contribution in [3.63, 3.8) is 0 Å². The van der Waals surface area contributed by atoms with Gasteiger partial charge in [0.05, 0.1) is 13.2 Å². The molecule has 0 heterocycles. The molecule has 0 radical (unpaired) electrons. The minimum atomic E-state index is -3.67. The molecule has 8 heteroatoms. The predicted octanol–water partition coefficient (Wildman–Crippen LogP) is 7.86. The Morgan fingerprint density at radius 1 is 0.610 bits per heavy atom. The third-order valence-electron chi connectivity index (χ3n) is 6.28. The van der Waals surface area contributed by atoms with E-state index in [2.05, 4.69) is 0 Å². The second-order valence-electron chi connectivity index (χ2n) is 9.36. The van der Waals surface area contributed by atoms with E-state index in [9.17, 15) is 18.7 Å². The SMILES string of the molecule is CCOP(=O)(OCC)C(=O)c1ccccc1.Cc1cc(C)c(C(=O)P(=O)(c2ccccc2)c2ccccc2)c(C)c1. The molecule has 0 N–H and O–H groups in total. The van der Waals surface area contributed by atoms with Gasteiger partial charge in [-0.3, -0.25) is 14.2 Å². The van der Waals surface area contributed by atoms with Crippen LogP contribution >= 0.6 is 14.7 Å². The molecule has 41 heavy (non-hydrogen) atoms. The smallest absolute Gasteiger partial charge is 0.305 e. The Bertz CT molecular complexity index is 1490. The summed E-state index contributed by atoms with van der Waals surface area (Å²) >= 11 is 0. The summed E-state index contributed by atoms with van der Waals surface area (Å²) in [6.07, 6.45) is 0. The second-order valence-corrected chi connectivity index (χ2v) is 13.9. The van der Waals surface area contributed by atoms with Gasteiger partial charge in [0, 0.05) is 21.7 Å². The Labute approximate surface area is 242 Å². The van der Waals surface area contributed by atoms with Crippen LogP contribution in [0.15, 0.2) is 103 Å². The van der Waals surface area contributed by atoms with Gasteiger partial charge >= 0.3 is 7.60 Å². The van der Waals surface area contributed by atoms with Gasteiger partial charge in [-0.15, -0.1) is 0 Å². The van der Waals surface area contributed by atoms with Crippen molar-refractivity contribution in [2.75, 3.05) is 13.2 Å². The lowest BCUT2D eigenvalue weighted by atomic mass is 10.0. The van der Waals surface area contributed by atoms with E-state index in [1.54, 1.807) is 68.4 Å². The van der Waals surface area contributed by atoms with Crippen LogP contribution in [-0.4, -0.2) is 24.3 Å². The minimum absolute atomic E-state index is 0.176. The molecular formula is C33H36O6P2. The van der Waals surface area contributed by atoms with E-state index in [1.165, 1.54) is 0 Å². The van der Waals surface area contributed by atoms with Gasteiger partial charge in [-0.1, -0.05) is 109 Å². The first-order valence-electron chi connectivity index (χ1n) is 13.4. The van der Waals surface area contributed by atoms with E-state index in [-0.39, 0.29) is 18.7 Å². The Morgan fingerprint density at radius 2 is 1.00 bits per heavy atom. The van der Waals surface area contributed by atoms with Crippen LogP contribution < -0.4 is 10.6 Å². The molecular weight excluding hydrogens is 554 g/mol. The van der Waals surface area contributed by atoms with E-state index < -0.39 is 20.3 Å². The molecule has 0 saturated heterocycles. The van der Waals surface area contributed by atoms with E-state index >= 15 is 0 Å². The predicted molar refractivity (Wildman–Crippen MR) is 166 cm³/mol. The van der Waals surface area contributed by atoms with Gasteiger partial charge < -0.3 is 13.6 Å². The largest absolute Gasteiger partial charge is 0.401 e. The number of hydrogen-bond acceptors (Lipinski definition) is 6. The van der Waals surface area contributed by atoms with Gasteiger partial charge in [-0.05, 0) is 45.7 Å². The van der Waals surface area contributed by atoms with Gasteiger partial charge in [0.25, 0.3) is 5.52 Å². The Balaban J connectivity index is 0.000000250. The summed E-state index contributed by atoms with van der Waals surface area (Å²) in [6, 6.07) is 30.5. The van der Waals surface area contributed by atoms with Crippen LogP contribution in [0.5, 0.6) is 0 Å². The number of carbonyl (C=O) groups excluding carboxylic acids is 2. The fourth-order valence-electron chi connectivity index (χ4n) is 4.57. The van der Waals surface area contributed by atoms with Crippen molar-refractivity contribution >= 4 is 36.4 Å². The van der Waals surface area contributed by atoms with E-state index in [1.807, 2.05) is 69.3 Å². The molecule has 0 unspecified atom stereocenters. The average molecular weight is 591 g/mol.